The molecule has 0 aromatic carbocycles. The molecule has 70 valence electrons. The third-order valence-corrected chi connectivity index (χ3v) is 2.72. The van der Waals surface area contributed by atoms with Crippen LogP contribution in [0.5, 0.6) is 0 Å². The summed E-state index contributed by atoms with van der Waals surface area (Å²) in [5, 5.41) is 0. The van der Waals surface area contributed by atoms with Gasteiger partial charge in [-0.15, -0.1) is 0 Å². The minimum Gasteiger partial charge on any atom is -0.330 e. The largest absolute Gasteiger partial charge is 0.330 e. The predicted octanol–water partition coefficient (Wildman–Crippen LogP) is 2.72. The lowest BCUT2D eigenvalue weighted by molar-refractivity contribution is 0.429. The summed E-state index contributed by atoms with van der Waals surface area (Å²) < 4.78 is 0. The van der Waals surface area contributed by atoms with Gasteiger partial charge in [-0.3, -0.25) is 0 Å². The summed E-state index contributed by atoms with van der Waals surface area (Å²) in [5.74, 6) is 0.646. The van der Waals surface area contributed by atoms with Crippen LogP contribution in [0.2, 0.25) is 0 Å². The van der Waals surface area contributed by atoms with E-state index in [9.17, 15) is 0 Å². The van der Waals surface area contributed by atoms with Crippen LogP contribution in [0.4, 0.5) is 0 Å². The standard InChI is InChI=1S/C11H21N/c1-11(2,3)10-6-4-5-9(7-10)8-12/h7,9H,4-6,8,12H2,1-3H3. The Morgan fingerprint density at radius 3 is 2.67 bits per heavy atom. The molecule has 1 atom stereocenters. The van der Waals surface area contributed by atoms with Crippen molar-refractivity contribution >= 4 is 0 Å². The van der Waals surface area contributed by atoms with Crippen LogP contribution in [0.1, 0.15) is 40.0 Å². The van der Waals surface area contributed by atoms with Crippen molar-refractivity contribution in [2.24, 2.45) is 17.1 Å². The first-order valence-electron chi connectivity index (χ1n) is 4.95. The first-order chi connectivity index (χ1) is 5.54. The van der Waals surface area contributed by atoms with Crippen LogP contribution in [0.3, 0.4) is 0 Å². The molecule has 0 saturated heterocycles. The van der Waals surface area contributed by atoms with Gasteiger partial charge < -0.3 is 5.73 Å². The molecule has 0 aliphatic heterocycles. The van der Waals surface area contributed by atoms with E-state index in [-0.39, 0.29) is 0 Å². The molecule has 0 aromatic heterocycles. The molecule has 0 heterocycles. The van der Waals surface area contributed by atoms with Gasteiger partial charge in [0.2, 0.25) is 0 Å². The first-order valence-corrected chi connectivity index (χ1v) is 4.95. The molecule has 0 radical (unpaired) electrons. The van der Waals surface area contributed by atoms with E-state index in [4.69, 9.17) is 5.73 Å². The quantitative estimate of drug-likeness (QED) is 0.597. The van der Waals surface area contributed by atoms with Gasteiger partial charge in [0.15, 0.2) is 0 Å². The van der Waals surface area contributed by atoms with Gasteiger partial charge in [0.25, 0.3) is 0 Å². The molecule has 0 saturated carbocycles. The van der Waals surface area contributed by atoms with Crippen molar-refractivity contribution in [2.45, 2.75) is 40.0 Å². The highest BCUT2D eigenvalue weighted by atomic mass is 14.5. The highest BCUT2D eigenvalue weighted by Crippen LogP contribution is 2.34. The van der Waals surface area contributed by atoms with E-state index < -0.39 is 0 Å². The zero-order valence-corrected chi connectivity index (χ0v) is 8.56. The maximum absolute atomic E-state index is 5.66. The van der Waals surface area contributed by atoms with E-state index in [0.29, 0.717) is 11.3 Å². The fourth-order valence-corrected chi connectivity index (χ4v) is 1.82. The number of rotatable bonds is 1. The maximum Gasteiger partial charge on any atom is -0.00141 e. The summed E-state index contributed by atoms with van der Waals surface area (Å²) in [6.45, 7) is 7.69. The fraction of sp³-hybridized carbons (Fsp3) is 0.818. The van der Waals surface area contributed by atoms with Gasteiger partial charge in [0.1, 0.15) is 0 Å². The van der Waals surface area contributed by atoms with E-state index >= 15 is 0 Å². The van der Waals surface area contributed by atoms with Crippen LogP contribution in [-0.2, 0) is 0 Å². The molecule has 2 N–H and O–H groups in total. The molecule has 0 aromatic rings. The van der Waals surface area contributed by atoms with Crippen molar-refractivity contribution in [3.05, 3.63) is 11.6 Å². The van der Waals surface area contributed by atoms with Gasteiger partial charge in [0.05, 0.1) is 0 Å². The molecule has 1 rings (SSSR count). The van der Waals surface area contributed by atoms with Crippen molar-refractivity contribution in [3.63, 3.8) is 0 Å². The first kappa shape index (κ1) is 9.79. The third-order valence-electron chi connectivity index (χ3n) is 2.72. The number of hydrogen-bond donors (Lipinski definition) is 1. The normalized spacial score (nSPS) is 25.3. The van der Waals surface area contributed by atoms with Crippen LogP contribution in [0, 0.1) is 11.3 Å². The number of allylic oxidation sites excluding steroid dienone is 1. The molecular weight excluding hydrogens is 146 g/mol. The van der Waals surface area contributed by atoms with Crippen molar-refractivity contribution < 1.29 is 0 Å². The van der Waals surface area contributed by atoms with Crippen molar-refractivity contribution in [2.75, 3.05) is 6.54 Å². The monoisotopic (exact) mass is 167 g/mol. The summed E-state index contributed by atoms with van der Waals surface area (Å²) in [7, 11) is 0. The van der Waals surface area contributed by atoms with Crippen LogP contribution in [0.25, 0.3) is 0 Å². The Kier molecular flexibility index (Phi) is 2.94. The Morgan fingerprint density at radius 2 is 2.17 bits per heavy atom. The molecule has 1 aliphatic carbocycles. The predicted molar refractivity (Wildman–Crippen MR) is 53.9 cm³/mol. The Morgan fingerprint density at radius 1 is 1.50 bits per heavy atom. The van der Waals surface area contributed by atoms with Gasteiger partial charge in [0, 0.05) is 0 Å². The molecule has 0 spiro atoms. The topological polar surface area (TPSA) is 26.0 Å². The van der Waals surface area contributed by atoms with E-state index in [1.807, 2.05) is 0 Å². The third kappa shape index (κ3) is 2.34. The number of nitrogens with two attached hydrogens (primary N) is 1. The van der Waals surface area contributed by atoms with Crippen LogP contribution >= 0.6 is 0 Å². The van der Waals surface area contributed by atoms with E-state index in [2.05, 4.69) is 26.8 Å². The number of hydrogen-bond acceptors (Lipinski definition) is 1. The molecular formula is C11H21N. The average molecular weight is 167 g/mol. The second-order valence-corrected chi connectivity index (χ2v) is 4.83. The summed E-state index contributed by atoms with van der Waals surface area (Å²) in [4.78, 5) is 0. The van der Waals surface area contributed by atoms with E-state index in [1.54, 1.807) is 5.57 Å². The lowest BCUT2D eigenvalue weighted by Gasteiger charge is -2.29. The second-order valence-electron chi connectivity index (χ2n) is 4.83. The van der Waals surface area contributed by atoms with Crippen LogP contribution in [-0.4, -0.2) is 6.54 Å². The Bertz CT molecular complexity index is 174. The van der Waals surface area contributed by atoms with Crippen molar-refractivity contribution in [1.82, 2.24) is 0 Å². The Labute approximate surface area is 76.0 Å². The minimum atomic E-state index is 0.355. The van der Waals surface area contributed by atoms with Crippen LogP contribution in [0.15, 0.2) is 11.6 Å². The highest BCUT2D eigenvalue weighted by molar-refractivity contribution is 5.15. The Balaban J connectivity index is 2.70. The summed E-state index contributed by atoms with van der Waals surface area (Å²) in [6, 6.07) is 0. The molecule has 1 nitrogen and oxygen atoms in total. The fourth-order valence-electron chi connectivity index (χ4n) is 1.82. The molecule has 1 unspecified atom stereocenters. The highest BCUT2D eigenvalue weighted by Gasteiger charge is 2.21. The zero-order valence-electron chi connectivity index (χ0n) is 8.56. The van der Waals surface area contributed by atoms with Gasteiger partial charge >= 0.3 is 0 Å². The Hall–Kier alpha value is -0.300. The van der Waals surface area contributed by atoms with Gasteiger partial charge in [-0.25, -0.2) is 0 Å². The van der Waals surface area contributed by atoms with Crippen LogP contribution < -0.4 is 5.73 Å². The second kappa shape index (κ2) is 3.61. The maximum atomic E-state index is 5.66. The summed E-state index contributed by atoms with van der Waals surface area (Å²) >= 11 is 0. The summed E-state index contributed by atoms with van der Waals surface area (Å²) in [5.41, 5.74) is 7.62. The van der Waals surface area contributed by atoms with Gasteiger partial charge in [-0.05, 0) is 37.1 Å². The molecule has 12 heavy (non-hydrogen) atoms. The summed E-state index contributed by atoms with van der Waals surface area (Å²) in [6.07, 6.45) is 6.30. The molecule has 1 heteroatoms. The van der Waals surface area contributed by atoms with Gasteiger partial charge in [-0.1, -0.05) is 32.4 Å². The molecule has 0 amide bonds. The van der Waals surface area contributed by atoms with E-state index in [1.165, 1.54) is 19.3 Å². The molecule has 0 bridgehead atoms. The SMILES string of the molecule is CC(C)(C)C1=CC(CN)CCC1. The minimum absolute atomic E-state index is 0.355. The van der Waals surface area contributed by atoms with Crippen molar-refractivity contribution in [1.29, 1.82) is 0 Å². The lowest BCUT2D eigenvalue weighted by atomic mass is 9.77. The molecule has 1 aliphatic rings. The average Bonchev–Trinajstić information content (AvgIpc) is 2.03. The molecule has 0 fully saturated rings. The van der Waals surface area contributed by atoms with Crippen molar-refractivity contribution in [3.8, 4) is 0 Å². The smallest absolute Gasteiger partial charge is 0.00141 e. The van der Waals surface area contributed by atoms with E-state index in [0.717, 1.165) is 6.54 Å². The van der Waals surface area contributed by atoms with Gasteiger partial charge in [-0.2, -0.15) is 0 Å². The lowest BCUT2D eigenvalue weighted by Crippen LogP contribution is -2.20. The zero-order chi connectivity index (χ0) is 9.19.